The quantitative estimate of drug-likeness (QED) is 0.843. The first-order valence-electron chi connectivity index (χ1n) is 8.63. The Balaban J connectivity index is 1.47. The van der Waals surface area contributed by atoms with Crippen LogP contribution in [-0.4, -0.2) is 43.7 Å². The van der Waals surface area contributed by atoms with Crippen molar-refractivity contribution >= 4 is 17.5 Å². The fourth-order valence-electron chi connectivity index (χ4n) is 2.96. The van der Waals surface area contributed by atoms with Crippen molar-refractivity contribution in [2.24, 2.45) is 0 Å². The molecule has 1 aliphatic heterocycles. The number of amides is 1. The van der Waals surface area contributed by atoms with Crippen LogP contribution in [-0.2, 0) is 4.79 Å². The van der Waals surface area contributed by atoms with Crippen molar-refractivity contribution < 1.29 is 14.3 Å². The van der Waals surface area contributed by atoms with E-state index in [1.807, 2.05) is 67.4 Å². The van der Waals surface area contributed by atoms with Crippen molar-refractivity contribution in [3.05, 3.63) is 59.1 Å². The summed E-state index contributed by atoms with van der Waals surface area (Å²) in [7, 11) is 1.90. The second kappa shape index (κ2) is 8.43. The number of ether oxygens (including phenoxy) is 2. The average molecular weight is 375 g/mol. The molecule has 1 heterocycles. The average Bonchev–Trinajstić information content (AvgIpc) is 2.61. The van der Waals surface area contributed by atoms with Crippen LogP contribution in [0, 0.1) is 0 Å². The van der Waals surface area contributed by atoms with Crippen LogP contribution in [0.15, 0.2) is 48.5 Å². The first-order valence-corrected chi connectivity index (χ1v) is 9.01. The van der Waals surface area contributed by atoms with E-state index in [0.717, 1.165) is 17.1 Å². The van der Waals surface area contributed by atoms with Crippen LogP contribution in [0.25, 0.3) is 0 Å². The van der Waals surface area contributed by atoms with Crippen LogP contribution in [0.2, 0.25) is 5.02 Å². The summed E-state index contributed by atoms with van der Waals surface area (Å²) in [5, 5.41) is 3.66. The SMILES string of the molecule is CC(NC(=O)CN(C)CC1COc2ccccc2O1)c1cccc(Cl)c1. The molecule has 0 radical (unpaired) electrons. The smallest absolute Gasteiger partial charge is 0.234 e. The van der Waals surface area contributed by atoms with Crippen LogP contribution in [0.5, 0.6) is 11.5 Å². The summed E-state index contributed by atoms with van der Waals surface area (Å²) in [6, 6.07) is 15.0. The molecule has 2 unspecified atom stereocenters. The van der Waals surface area contributed by atoms with Gasteiger partial charge in [-0.15, -0.1) is 0 Å². The maximum atomic E-state index is 12.3. The number of halogens is 1. The topological polar surface area (TPSA) is 50.8 Å². The molecule has 138 valence electrons. The van der Waals surface area contributed by atoms with Gasteiger partial charge in [0, 0.05) is 11.6 Å². The number of nitrogens with zero attached hydrogens (tertiary/aromatic N) is 1. The Hall–Kier alpha value is -2.24. The lowest BCUT2D eigenvalue weighted by atomic mass is 10.1. The summed E-state index contributed by atoms with van der Waals surface area (Å²) in [6.07, 6.45) is -0.104. The third-order valence-corrected chi connectivity index (χ3v) is 4.46. The Morgan fingerprint density at radius 2 is 2.04 bits per heavy atom. The number of rotatable bonds is 6. The molecule has 0 bridgehead atoms. The minimum atomic E-state index is -0.104. The summed E-state index contributed by atoms with van der Waals surface area (Å²) in [6.45, 7) is 3.31. The van der Waals surface area contributed by atoms with E-state index in [1.54, 1.807) is 0 Å². The van der Waals surface area contributed by atoms with Gasteiger partial charge in [-0.05, 0) is 43.8 Å². The zero-order valence-corrected chi connectivity index (χ0v) is 15.7. The normalized spacial score (nSPS) is 17.0. The number of fused-ring (bicyclic) bond motifs is 1. The van der Waals surface area contributed by atoms with Gasteiger partial charge in [-0.3, -0.25) is 9.69 Å². The van der Waals surface area contributed by atoms with Crippen molar-refractivity contribution in [2.45, 2.75) is 19.1 Å². The fraction of sp³-hybridized carbons (Fsp3) is 0.350. The van der Waals surface area contributed by atoms with Gasteiger partial charge in [0.1, 0.15) is 12.7 Å². The first-order chi connectivity index (χ1) is 12.5. The highest BCUT2D eigenvalue weighted by Gasteiger charge is 2.22. The van der Waals surface area contributed by atoms with Gasteiger partial charge in [0.2, 0.25) is 5.91 Å². The molecule has 1 N–H and O–H groups in total. The zero-order chi connectivity index (χ0) is 18.5. The van der Waals surface area contributed by atoms with Gasteiger partial charge in [0.25, 0.3) is 0 Å². The highest BCUT2D eigenvalue weighted by atomic mass is 35.5. The number of carbonyl (C=O) groups excluding carboxylic acids is 1. The highest BCUT2D eigenvalue weighted by molar-refractivity contribution is 6.30. The zero-order valence-electron chi connectivity index (χ0n) is 14.9. The minimum absolute atomic E-state index is 0.0443. The van der Waals surface area contributed by atoms with E-state index >= 15 is 0 Å². The van der Waals surface area contributed by atoms with Gasteiger partial charge in [-0.2, -0.15) is 0 Å². The van der Waals surface area contributed by atoms with Gasteiger partial charge >= 0.3 is 0 Å². The molecule has 0 fully saturated rings. The molecule has 0 saturated carbocycles. The predicted octanol–water partition coefficient (Wildman–Crippen LogP) is 3.29. The van der Waals surface area contributed by atoms with E-state index in [-0.39, 0.29) is 24.6 Å². The van der Waals surface area contributed by atoms with Crippen molar-refractivity contribution in [3.8, 4) is 11.5 Å². The van der Waals surface area contributed by atoms with Gasteiger partial charge in [-0.1, -0.05) is 35.9 Å². The third kappa shape index (κ3) is 4.90. The van der Waals surface area contributed by atoms with E-state index in [0.29, 0.717) is 18.2 Å². The summed E-state index contributed by atoms with van der Waals surface area (Å²) in [4.78, 5) is 14.2. The predicted molar refractivity (Wildman–Crippen MR) is 102 cm³/mol. The van der Waals surface area contributed by atoms with Crippen LogP contribution in [0.1, 0.15) is 18.5 Å². The van der Waals surface area contributed by atoms with Crippen LogP contribution >= 0.6 is 11.6 Å². The Morgan fingerprint density at radius 1 is 1.27 bits per heavy atom. The second-order valence-corrected chi connectivity index (χ2v) is 6.97. The lowest BCUT2D eigenvalue weighted by Gasteiger charge is -2.29. The van der Waals surface area contributed by atoms with E-state index in [4.69, 9.17) is 21.1 Å². The molecular weight excluding hydrogens is 352 g/mol. The number of nitrogens with one attached hydrogen (secondary N) is 1. The molecule has 2 atom stereocenters. The molecule has 0 aromatic heterocycles. The van der Waals surface area contributed by atoms with E-state index in [9.17, 15) is 4.79 Å². The Labute approximate surface area is 158 Å². The third-order valence-electron chi connectivity index (χ3n) is 4.22. The molecule has 0 aliphatic carbocycles. The number of hydrogen-bond donors (Lipinski definition) is 1. The molecule has 0 saturated heterocycles. The number of benzene rings is 2. The van der Waals surface area contributed by atoms with Gasteiger partial charge in [0.15, 0.2) is 11.5 Å². The van der Waals surface area contributed by atoms with Gasteiger partial charge < -0.3 is 14.8 Å². The van der Waals surface area contributed by atoms with E-state index in [2.05, 4.69) is 5.32 Å². The van der Waals surface area contributed by atoms with Crippen molar-refractivity contribution in [2.75, 3.05) is 26.7 Å². The van der Waals surface area contributed by atoms with Crippen molar-refractivity contribution in [3.63, 3.8) is 0 Å². The van der Waals surface area contributed by atoms with Crippen molar-refractivity contribution in [1.29, 1.82) is 0 Å². The molecule has 2 aromatic rings. The highest BCUT2D eigenvalue weighted by Crippen LogP contribution is 2.30. The van der Waals surface area contributed by atoms with E-state index in [1.165, 1.54) is 0 Å². The molecule has 5 nitrogen and oxygen atoms in total. The summed E-state index contributed by atoms with van der Waals surface area (Å²) in [5.41, 5.74) is 0.981. The van der Waals surface area contributed by atoms with Crippen LogP contribution in [0.3, 0.4) is 0 Å². The summed E-state index contributed by atoms with van der Waals surface area (Å²) in [5.74, 6) is 1.47. The standard InChI is InChI=1S/C20H23ClN2O3/c1-14(15-6-5-7-16(21)10-15)22-20(24)12-23(2)11-17-13-25-18-8-3-4-9-19(18)26-17/h3-10,14,17H,11-13H2,1-2H3,(H,22,24). The van der Waals surface area contributed by atoms with Crippen LogP contribution < -0.4 is 14.8 Å². The number of para-hydroxylation sites is 2. The fourth-order valence-corrected chi connectivity index (χ4v) is 3.16. The lowest BCUT2D eigenvalue weighted by molar-refractivity contribution is -0.122. The molecule has 6 heteroatoms. The number of likely N-dealkylation sites (N-methyl/N-ethyl adjacent to an activating group) is 1. The maximum Gasteiger partial charge on any atom is 0.234 e. The van der Waals surface area contributed by atoms with Gasteiger partial charge in [-0.25, -0.2) is 0 Å². The molecule has 1 aliphatic rings. The van der Waals surface area contributed by atoms with E-state index < -0.39 is 0 Å². The monoisotopic (exact) mass is 374 g/mol. The Bertz CT molecular complexity index is 768. The number of carbonyl (C=O) groups is 1. The number of hydrogen-bond acceptors (Lipinski definition) is 4. The largest absolute Gasteiger partial charge is 0.486 e. The van der Waals surface area contributed by atoms with Gasteiger partial charge in [0.05, 0.1) is 12.6 Å². The Morgan fingerprint density at radius 3 is 2.81 bits per heavy atom. The lowest BCUT2D eigenvalue weighted by Crippen LogP contribution is -2.43. The summed E-state index contributed by atoms with van der Waals surface area (Å²) >= 11 is 6.01. The molecule has 3 rings (SSSR count). The molecule has 2 aromatic carbocycles. The Kier molecular flexibility index (Phi) is 6.01. The molecule has 1 amide bonds. The summed E-state index contributed by atoms with van der Waals surface area (Å²) < 4.78 is 11.6. The molecule has 0 spiro atoms. The van der Waals surface area contributed by atoms with Crippen LogP contribution in [0.4, 0.5) is 0 Å². The van der Waals surface area contributed by atoms with Crippen molar-refractivity contribution in [1.82, 2.24) is 10.2 Å². The molecular formula is C20H23ClN2O3. The minimum Gasteiger partial charge on any atom is -0.486 e. The molecule has 26 heavy (non-hydrogen) atoms. The first kappa shape index (κ1) is 18.5. The maximum absolute atomic E-state index is 12.3. The second-order valence-electron chi connectivity index (χ2n) is 6.54.